The quantitative estimate of drug-likeness (QED) is 0.407. The maximum absolute atomic E-state index is 13.9. The highest BCUT2D eigenvalue weighted by atomic mass is 32.2. The van der Waals surface area contributed by atoms with Crippen LogP contribution in [0.4, 0.5) is 14.5 Å². The second kappa shape index (κ2) is 7.81. The summed E-state index contributed by atoms with van der Waals surface area (Å²) in [5.41, 5.74) is 1.79. The molecule has 0 saturated heterocycles. The SMILES string of the molecule is CC(Sc1nnc(-c2c[nH]c3ccccc23)n1C1CC1)C(=O)Nc1cc(F)ccc1F. The van der Waals surface area contributed by atoms with Crippen molar-refractivity contribution in [2.24, 2.45) is 0 Å². The number of carbonyl (C=O) groups is 1. The molecule has 1 aliphatic rings. The molecule has 1 aliphatic carbocycles. The Morgan fingerprint density at radius 3 is 2.84 bits per heavy atom. The van der Waals surface area contributed by atoms with Gasteiger partial charge in [0.1, 0.15) is 11.6 Å². The average molecular weight is 439 g/mol. The first-order valence-corrected chi connectivity index (χ1v) is 10.8. The van der Waals surface area contributed by atoms with E-state index < -0.39 is 22.8 Å². The monoisotopic (exact) mass is 439 g/mol. The Bertz CT molecular complexity index is 1280. The number of thioether (sulfide) groups is 1. The zero-order chi connectivity index (χ0) is 21.5. The average Bonchev–Trinajstić information content (AvgIpc) is 3.38. The van der Waals surface area contributed by atoms with Crippen molar-refractivity contribution in [3.05, 3.63) is 60.3 Å². The Balaban J connectivity index is 1.41. The number of nitrogens with zero attached hydrogens (tertiary/aromatic N) is 3. The summed E-state index contributed by atoms with van der Waals surface area (Å²) in [6.45, 7) is 1.70. The molecule has 1 unspecified atom stereocenters. The van der Waals surface area contributed by atoms with Gasteiger partial charge in [-0.25, -0.2) is 8.78 Å². The molecule has 0 spiro atoms. The molecule has 2 heterocycles. The molecule has 31 heavy (non-hydrogen) atoms. The van der Waals surface area contributed by atoms with Crippen molar-refractivity contribution in [2.75, 3.05) is 5.32 Å². The third-order valence-corrected chi connectivity index (χ3v) is 6.30. The van der Waals surface area contributed by atoms with Crippen LogP contribution in [0.15, 0.2) is 53.8 Å². The standard InChI is InChI=1S/C22H19F2N5OS/c1-12(21(30)26-19-10-13(23)6-9-17(19)24)31-22-28-27-20(29(22)14-7-8-14)16-11-25-18-5-3-2-4-15(16)18/h2-6,9-12,14,25H,7-8H2,1H3,(H,26,30). The first-order chi connectivity index (χ1) is 15.0. The van der Waals surface area contributed by atoms with Crippen LogP contribution in [0.25, 0.3) is 22.3 Å². The smallest absolute Gasteiger partial charge is 0.237 e. The number of H-pyrrole nitrogens is 1. The van der Waals surface area contributed by atoms with Gasteiger partial charge >= 0.3 is 0 Å². The molecule has 0 bridgehead atoms. The van der Waals surface area contributed by atoms with E-state index in [1.165, 1.54) is 11.8 Å². The molecule has 0 radical (unpaired) electrons. The summed E-state index contributed by atoms with van der Waals surface area (Å²) in [5.74, 6) is -0.983. The molecule has 1 fully saturated rings. The Morgan fingerprint density at radius 1 is 1.23 bits per heavy atom. The van der Waals surface area contributed by atoms with E-state index in [0.29, 0.717) is 5.16 Å². The minimum Gasteiger partial charge on any atom is -0.360 e. The largest absolute Gasteiger partial charge is 0.360 e. The number of carbonyl (C=O) groups excluding carboxylic acids is 1. The highest BCUT2D eigenvalue weighted by Crippen LogP contribution is 2.42. The Kier molecular flexibility index (Phi) is 4.97. The fraction of sp³-hybridized carbons (Fsp3) is 0.227. The molecule has 158 valence electrons. The Hall–Kier alpha value is -3.20. The number of nitrogens with one attached hydrogen (secondary N) is 2. The van der Waals surface area contributed by atoms with E-state index in [0.717, 1.165) is 53.3 Å². The summed E-state index contributed by atoms with van der Waals surface area (Å²) in [6, 6.07) is 11.2. The number of aromatic amines is 1. The number of hydrogen-bond acceptors (Lipinski definition) is 4. The van der Waals surface area contributed by atoms with Crippen LogP contribution >= 0.6 is 11.8 Å². The van der Waals surface area contributed by atoms with Crippen molar-refractivity contribution in [1.82, 2.24) is 19.7 Å². The van der Waals surface area contributed by atoms with Crippen molar-refractivity contribution in [3.63, 3.8) is 0 Å². The molecular formula is C22H19F2N5OS. The van der Waals surface area contributed by atoms with Gasteiger partial charge in [-0.15, -0.1) is 10.2 Å². The van der Waals surface area contributed by atoms with E-state index in [-0.39, 0.29) is 11.7 Å². The van der Waals surface area contributed by atoms with Gasteiger partial charge in [0.05, 0.1) is 10.9 Å². The highest BCUT2D eigenvalue weighted by molar-refractivity contribution is 8.00. The number of anilines is 1. The molecule has 0 aliphatic heterocycles. The normalized spacial score (nSPS) is 14.7. The van der Waals surface area contributed by atoms with Gasteiger partial charge in [0, 0.05) is 34.8 Å². The molecule has 1 saturated carbocycles. The fourth-order valence-electron chi connectivity index (χ4n) is 3.50. The summed E-state index contributed by atoms with van der Waals surface area (Å²) < 4.78 is 29.3. The summed E-state index contributed by atoms with van der Waals surface area (Å²) in [6.07, 6.45) is 3.97. The molecule has 5 rings (SSSR count). The van der Waals surface area contributed by atoms with Crippen molar-refractivity contribution in [1.29, 1.82) is 0 Å². The van der Waals surface area contributed by atoms with Gasteiger partial charge in [-0.05, 0) is 38.0 Å². The van der Waals surface area contributed by atoms with Crippen molar-refractivity contribution in [2.45, 2.75) is 36.2 Å². The van der Waals surface area contributed by atoms with Gasteiger partial charge in [0.2, 0.25) is 5.91 Å². The lowest BCUT2D eigenvalue weighted by atomic mass is 10.1. The summed E-state index contributed by atoms with van der Waals surface area (Å²) in [4.78, 5) is 15.9. The summed E-state index contributed by atoms with van der Waals surface area (Å²) in [7, 11) is 0. The van der Waals surface area contributed by atoms with Gasteiger partial charge < -0.3 is 10.3 Å². The number of para-hydroxylation sites is 1. The number of amides is 1. The maximum Gasteiger partial charge on any atom is 0.237 e. The molecule has 1 atom stereocenters. The fourth-order valence-corrected chi connectivity index (χ4v) is 4.42. The van der Waals surface area contributed by atoms with Gasteiger partial charge in [-0.1, -0.05) is 30.0 Å². The lowest BCUT2D eigenvalue weighted by molar-refractivity contribution is -0.115. The highest BCUT2D eigenvalue weighted by Gasteiger charge is 2.32. The van der Waals surface area contributed by atoms with E-state index in [2.05, 4.69) is 25.1 Å². The lowest BCUT2D eigenvalue weighted by Gasteiger charge is -2.13. The minimum atomic E-state index is -0.685. The molecule has 2 aromatic heterocycles. The summed E-state index contributed by atoms with van der Waals surface area (Å²) in [5, 5.41) is 12.3. The second-order valence-electron chi connectivity index (χ2n) is 7.53. The van der Waals surface area contributed by atoms with Crippen LogP contribution in [0, 0.1) is 11.6 Å². The van der Waals surface area contributed by atoms with Crippen LogP contribution in [0.1, 0.15) is 25.8 Å². The van der Waals surface area contributed by atoms with Crippen molar-refractivity contribution in [3.8, 4) is 11.4 Å². The Morgan fingerprint density at radius 2 is 2.03 bits per heavy atom. The topological polar surface area (TPSA) is 75.6 Å². The number of aromatic nitrogens is 4. The van der Waals surface area contributed by atoms with Crippen LogP contribution in [-0.4, -0.2) is 30.9 Å². The second-order valence-corrected chi connectivity index (χ2v) is 8.84. The first kappa shape index (κ1) is 19.7. The minimum absolute atomic E-state index is 0.180. The number of rotatable bonds is 6. The summed E-state index contributed by atoms with van der Waals surface area (Å²) >= 11 is 1.25. The van der Waals surface area contributed by atoms with E-state index in [1.807, 2.05) is 30.5 Å². The van der Waals surface area contributed by atoms with Crippen LogP contribution in [0.5, 0.6) is 0 Å². The molecule has 1 amide bonds. The molecular weight excluding hydrogens is 420 g/mol. The molecule has 4 aromatic rings. The van der Waals surface area contributed by atoms with E-state index in [4.69, 9.17) is 0 Å². The molecule has 9 heteroatoms. The van der Waals surface area contributed by atoms with Crippen LogP contribution in [0.3, 0.4) is 0 Å². The maximum atomic E-state index is 13.9. The number of fused-ring (bicyclic) bond motifs is 1. The van der Waals surface area contributed by atoms with Gasteiger partial charge in [-0.2, -0.15) is 0 Å². The van der Waals surface area contributed by atoms with Crippen molar-refractivity contribution >= 4 is 34.3 Å². The Labute approximate surface area is 181 Å². The zero-order valence-corrected chi connectivity index (χ0v) is 17.4. The van der Waals surface area contributed by atoms with E-state index in [9.17, 15) is 13.6 Å². The van der Waals surface area contributed by atoms with Gasteiger partial charge in [0.15, 0.2) is 11.0 Å². The zero-order valence-electron chi connectivity index (χ0n) is 16.6. The van der Waals surface area contributed by atoms with E-state index >= 15 is 0 Å². The molecule has 6 nitrogen and oxygen atoms in total. The van der Waals surface area contributed by atoms with E-state index in [1.54, 1.807) is 6.92 Å². The number of hydrogen-bond donors (Lipinski definition) is 2. The van der Waals surface area contributed by atoms with Crippen LogP contribution in [0.2, 0.25) is 0 Å². The third kappa shape index (κ3) is 3.81. The first-order valence-electron chi connectivity index (χ1n) is 9.95. The predicted molar refractivity (Wildman–Crippen MR) is 116 cm³/mol. The number of benzene rings is 2. The van der Waals surface area contributed by atoms with Crippen molar-refractivity contribution < 1.29 is 13.6 Å². The molecule has 2 N–H and O–H groups in total. The molecule has 2 aromatic carbocycles. The lowest BCUT2D eigenvalue weighted by Crippen LogP contribution is -2.23. The van der Waals surface area contributed by atoms with Crippen LogP contribution in [-0.2, 0) is 4.79 Å². The van der Waals surface area contributed by atoms with Gasteiger partial charge in [0.25, 0.3) is 0 Å². The van der Waals surface area contributed by atoms with Gasteiger partial charge in [-0.3, -0.25) is 9.36 Å². The van der Waals surface area contributed by atoms with Crippen LogP contribution < -0.4 is 5.32 Å². The predicted octanol–water partition coefficient (Wildman–Crippen LogP) is 5.16. The third-order valence-electron chi connectivity index (χ3n) is 5.24. The number of halogens is 2.